The minimum absolute atomic E-state index is 0.0361. The molecule has 2 rings (SSSR count). The second-order valence-electron chi connectivity index (χ2n) is 4.71. The molecule has 0 aliphatic rings. The third kappa shape index (κ3) is 4.26. The van der Waals surface area contributed by atoms with E-state index in [2.05, 4.69) is 15.5 Å². The van der Waals surface area contributed by atoms with Crippen LogP contribution in [-0.4, -0.2) is 36.4 Å². The van der Waals surface area contributed by atoms with E-state index in [1.54, 1.807) is 13.0 Å². The van der Waals surface area contributed by atoms with Crippen molar-refractivity contribution < 1.29 is 22.3 Å². The van der Waals surface area contributed by atoms with Gasteiger partial charge in [-0.1, -0.05) is 37.3 Å². The molecule has 0 saturated heterocycles. The van der Waals surface area contributed by atoms with Crippen molar-refractivity contribution in [1.29, 1.82) is 0 Å². The number of carbonyl (C=O) groups excluding carboxylic acids is 1. The lowest BCUT2D eigenvalue weighted by molar-refractivity contribution is -0.122. The topological polar surface area (TPSA) is 98.2 Å². The minimum atomic E-state index is -3.48. The van der Waals surface area contributed by atoms with Crippen LogP contribution in [0.25, 0.3) is 0 Å². The van der Waals surface area contributed by atoms with E-state index in [0.29, 0.717) is 6.42 Å². The first kappa shape index (κ1) is 18.3. The molecule has 1 atom stereocenters. The Morgan fingerprint density at radius 1 is 1.33 bits per heavy atom. The summed E-state index contributed by atoms with van der Waals surface area (Å²) in [4.78, 5) is 12.2. The minimum Gasteiger partial charge on any atom is -0.478 e. The molecule has 1 heterocycles. The van der Waals surface area contributed by atoms with Crippen molar-refractivity contribution in [2.45, 2.75) is 30.7 Å². The number of halogens is 1. The molecule has 2 aromatic rings. The van der Waals surface area contributed by atoms with Gasteiger partial charge in [0, 0.05) is 0 Å². The Balaban J connectivity index is 2.09. The number of nitrogens with zero attached hydrogens (tertiary/aromatic N) is 2. The first-order chi connectivity index (χ1) is 11.4. The average Bonchev–Trinajstić information content (AvgIpc) is 3.03. The van der Waals surface area contributed by atoms with Crippen LogP contribution in [0, 0.1) is 5.82 Å². The van der Waals surface area contributed by atoms with Crippen LogP contribution in [0.5, 0.6) is 5.75 Å². The maximum absolute atomic E-state index is 13.6. The van der Waals surface area contributed by atoms with E-state index in [1.807, 2.05) is 0 Å². The second-order valence-corrected chi connectivity index (χ2v) is 8.14. The highest BCUT2D eigenvalue weighted by Gasteiger charge is 2.23. The predicted molar refractivity (Wildman–Crippen MR) is 87.4 cm³/mol. The number of para-hydroxylation sites is 1. The molecule has 0 fully saturated rings. The van der Waals surface area contributed by atoms with Crippen LogP contribution in [-0.2, 0) is 14.6 Å². The first-order valence-corrected chi connectivity index (χ1v) is 9.62. The van der Waals surface area contributed by atoms with E-state index in [0.717, 1.165) is 11.3 Å². The number of hydrogen-bond donors (Lipinski definition) is 1. The fraction of sp³-hybridized carbons (Fsp3) is 0.357. The van der Waals surface area contributed by atoms with Crippen LogP contribution in [0.2, 0.25) is 0 Å². The van der Waals surface area contributed by atoms with Gasteiger partial charge in [0.15, 0.2) is 17.7 Å². The molecular formula is C14H16FN3O4S2. The number of rotatable bonds is 7. The van der Waals surface area contributed by atoms with E-state index in [9.17, 15) is 17.6 Å². The van der Waals surface area contributed by atoms with Gasteiger partial charge in [0.25, 0.3) is 5.91 Å². The molecule has 0 bridgehead atoms. The van der Waals surface area contributed by atoms with Gasteiger partial charge in [-0.3, -0.25) is 10.1 Å². The van der Waals surface area contributed by atoms with Crippen LogP contribution in [0.1, 0.15) is 20.3 Å². The Morgan fingerprint density at radius 3 is 2.67 bits per heavy atom. The fourth-order valence-corrected chi connectivity index (χ4v) is 3.70. The molecule has 130 valence electrons. The van der Waals surface area contributed by atoms with Crippen molar-refractivity contribution in [2.24, 2.45) is 0 Å². The van der Waals surface area contributed by atoms with Gasteiger partial charge < -0.3 is 4.74 Å². The normalized spacial score (nSPS) is 12.6. The predicted octanol–water partition coefficient (Wildman–Crippen LogP) is 2.27. The molecule has 1 amide bonds. The van der Waals surface area contributed by atoms with Gasteiger partial charge in [-0.25, -0.2) is 12.8 Å². The summed E-state index contributed by atoms with van der Waals surface area (Å²) in [6.45, 7) is 3.20. The average molecular weight is 373 g/mol. The van der Waals surface area contributed by atoms with E-state index in [4.69, 9.17) is 4.74 Å². The number of amides is 1. The molecule has 0 saturated carbocycles. The summed E-state index contributed by atoms with van der Waals surface area (Å²) in [6, 6.07) is 5.75. The molecule has 0 aliphatic carbocycles. The number of sulfone groups is 1. The smallest absolute Gasteiger partial charge is 0.267 e. The van der Waals surface area contributed by atoms with Gasteiger partial charge in [-0.05, 0) is 18.6 Å². The Labute approximate surface area is 142 Å². The zero-order valence-electron chi connectivity index (χ0n) is 13.0. The summed E-state index contributed by atoms with van der Waals surface area (Å²) in [7, 11) is -3.48. The molecule has 1 N–H and O–H groups in total. The summed E-state index contributed by atoms with van der Waals surface area (Å²) in [5.74, 6) is -1.27. The number of ether oxygens (including phenoxy) is 1. The summed E-state index contributed by atoms with van der Waals surface area (Å²) in [6.07, 6.45) is -0.656. The summed E-state index contributed by atoms with van der Waals surface area (Å²) >= 11 is 0.758. The van der Waals surface area contributed by atoms with Crippen LogP contribution in [0.15, 0.2) is 28.6 Å². The quantitative estimate of drug-likeness (QED) is 0.748. The Bertz CT molecular complexity index is 823. The fourth-order valence-electron chi connectivity index (χ4n) is 1.71. The van der Waals surface area contributed by atoms with Crippen molar-refractivity contribution in [2.75, 3.05) is 11.1 Å². The van der Waals surface area contributed by atoms with Gasteiger partial charge in [0.05, 0.1) is 5.75 Å². The van der Waals surface area contributed by atoms with Crippen molar-refractivity contribution in [3.05, 3.63) is 30.1 Å². The Kier molecular flexibility index (Phi) is 5.84. The molecule has 24 heavy (non-hydrogen) atoms. The SMILES string of the molecule is CC[C@@H](Oc1ccccc1F)C(=O)Nc1nnc(S(=O)(=O)CC)s1. The molecule has 1 aromatic carbocycles. The second kappa shape index (κ2) is 7.67. The monoisotopic (exact) mass is 373 g/mol. The maximum atomic E-state index is 13.6. The molecule has 0 spiro atoms. The molecule has 1 aromatic heterocycles. The zero-order valence-corrected chi connectivity index (χ0v) is 14.7. The molecule has 0 unspecified atom stereocenters. The molecular weight excluding hydrogens is 357 g/mol. The summed E-state index contributed by atoms with van der Waals surface area (Å²) < 4.78 is 42.2. The highest BCUT2D eigenvalue weighted by atomic mass is 32.2. The van der Waals surface area contributed by atoms with Gasteiger partial charge in [0.1, 0.15) is 0 Å². The van der Waals surface area contributed by atoms with Gasteiger partial charge >= 0.3 is 0 Å². The molecule has 0 radical (unpaired) electrons. The van der Waals surface area contributed by atoms with Crippen LogP contribution >= 0.6 is 11.3 Å². The largest absolute Gasteiger partial charge is 0.478 e. The third-order valence-electron chi connectivity index (χ3n) is 3.05. The summed E-state index contributed by atoms with van der Waals surface area (Å²) in [5, 5.41) is 9.69. The van der Waals surface area contributed by atoms with Gasteiger partial charge in [0.2, 0.25) is 19.3 Å². The summed E-state index contributed by atoms with van der Waals surface area (Å²) in [5.41, 5.74) is 0. The van der Waals surface area contributed by atoms with Crippen molar-refractivity contribution in [1.82, 2.24) is 10.2 Å². The third-order valence-corrected chi connectivity index (χ3v) is 6.07. The number of carbonyl (C=O) groups is 1. The van der Waals surface area contributed by atoms with Gasteiger partial charge in [-0.15, -0.1) is 10.2 Å². The molecule has 7 nitrogen and oxygen atoms in total. The molecule has 10 heteroatoms. The Morgan fingerprint density at radius 2 is 2.04 bits per heavy atom. The van der Waals surface area contributed by atoms with Crippen molar-refractivity contribution in [3.63, 3.8) is 0 Å². The van der Waals surface area contributed by atoms with Crippen molar-refractivity contribution >= 4 is 32.2 Å². The van der Waals surface area contributed by atoms with Gasteiger partial charge in [-0.2, -0.15) is 0 Å². The van der Waals surface area contributed by atoms with E-state index < -0.39 is 27.7 Å². The van der Waals surface area contributed by atoms with Crippen LogP contribution in [0.3, 0.4) is 0 Å². The number of benzene rings is 1. The molecule has 0 aliphatic heterocycles. The van der Waals surface area contributed by atoms with Crippen molar-refractivity contribution in [3.8, 4) is 5.75 Å². The highest BCUT2D eigenvalue weighted by Crippen LogP contribution is 2.22. The lowest BCUT2D eigenvalue weighted by Gasteiger charge is -2.16. The van der Waals surface area contributed by atoms with E-state index >= 15 is 0 Å². The number of nitrogens with one attached hydrogen (secondary N) is 1. The van der Waals surface area contributed by atoms with E-state index in [-0.39, 0.29) is 21.0 Å². The van der Waals surface area contributed by atoms with Crippen LogP contribution in [0.4, 0.5) is 9.52 Å². The number of aromatic nitrogens is 2. The standard InChI is InChI=1S/C14H16FN3O4S2/c1-3-10(22-11-8-6-5-7-9(11)15)12(19)16-13-17-18-14(23-13)24(20,21)4-2/h5-8,10H,3-4H2,1-2H3,(H,16,17,19)/t10-/m1/s1. The highest BCUT2D eigenvalue weighted by molar-refractivity contribution is 7.93. The zero-order chi connectivity index (χ0) is 17.7. The van der Waals surface area contributed by atoms with E-state index in [1.165, 1.54) is 25.1 Å². The maximum Gasteiger partial charge on any atom is 0.267 e. The number of anilines is 1. The van der Waals surface area contributed by atoms with Crippen LogP contribution < -0.4 is 10.1 Å². The first-order valence-electron chi connectivity index (χ1n) is 7.15. The number of hydrogen-bond acceptors (Lipinski definition) is 7. The lowest BCUT2D eigenvalue weighted by atomic mass is 10.2. The Hall–Kier alpha value is -2.07. The lowest BCUT2D eigenvalue weighted by Crippen LogP contribution is -2.32.